The van der Waals surface area contributed by atoms with Gasteiger partial charge in [-0.1, -0.05) is 6.07 Å². The number of hydrogen-bond donors (Lipinski definition) is 0. The first-order valence-corrected chi connectivity index (χ1v) is 5.06. The van der Waals surface area contributed by atoms with Gasteiger partial charge in [-0.25, -0.2) is 0 Å². The molecule has 84 valence electrons. The monoisotopic (exact) mass is 228 g/mol. The minimum absolute atomic E-state index is 0.381. The Labute approximate surface area is 96.4 Å². The van der Waals surface area contributed by atoms with Gasteiger partial charge in [0, 0.05) is 6.92 Å². The first-order chi connectivity index (χ1) is 8.25. The molecule has 0 amide bonds. The van der Waals surface area contributed by atoms with Crippen LogP contribution in [0.4, 0.5) is 0 Å². The summed E-state index contributed by atoms with van der Waals surface area (Å²) in [4.78, 5) is 11.0. The third-order valence-corrected chi connectivity index (χ3v) is 2.42. The van der Waals surface area contributed by atoms with Gasteiger partial charge < -0.3 is 9.15 Å². The number of hydrogen-bond acceptors (Lipinski definition) is 5. The number of benzene rings is 1. The molecule has 1 aromatic rings. The summed E-state index contributed by atoms with van der Waals surface area (Å²) in [5, 5.41) is 8.50. The number of fused-ring (bicyclic) bond motifs is 3. The molecule has 1 aromatic carbocycles. The van der Waals surface area contributed by atoms with Crippen molar-refractivity contribution >= 4 is 16.9 Å². The maximum atomic E-state index is 11.0. The van der Waals surface area contributed by atoms with Crippen LogP contribution in [-0.2, 0) is 4.79 Å². The molecule has 17 heavy (non-hydrogen) atoms. The van der Waals surface area contributed by atoms with Crippen LogP contribution in [0, 0.1) is 0 Å². The van der Waals surface area contributed by atoms with E-state index in [-0.39, 0.29) is 5.97 Å². The fraction of sp³-hybridized carbons (Fsp3) is 0.0833. The summed E-state index contributed by atoms with van der Waals surface area (Å²) in [5.41, 5.74) is 2.05. The summed E-state index contributed by atoms with van der Waals surface area (Å²) >= 11 is 0. The van der Waals surface area contributed by atoms with E-state index in [1.807, 2.05) is 0 Å². The second-order valence-electron chi connectivity index (χ2n) is 3.61. The Hall–Kier alpha value is -2.43. The van der Waals surface area contributed by atoms with E-state index in [0.29, 0.717) is 22.4 Å². The zero-order chi connectivity index (χ0) is 11.8. The predicted octanol–water partition coefficient (Wildman–Crippen LogP) is 2.25. The molecule has 2 aliphatic heterocycles. The lowest BCUT2D eigenvalue weighted by atomic mass is 10.1. The smallest absolute Gasteiger partial charge is 0.308 e. The van der Waals surface area contributed by atoms with Crippen molar-refractivity contribution in [2.24, 2.45) is 0 Å². The van der Waals surface area contributed by atoms with Gasteiger partial charge in [-0.3, -0.25) is 4.79 Å². The Balaban J connectivity index is 2.36. The molecule has 0 aliphatic carbocycles. The highest BCUT2D eigenvalue weighted by Crippen LogP contribution is 2.35. The third-order valence-electron chi connectivity index (χ3n) is 2.42. The molecule has 0 fully saturated rings. The van der Waals surface area contributed by atoms with Crippen molar-refractivity contribution in [3.63, 3.8) is 0 Å². The molecule has 0 aromatic heterocycles. The van der Waals surface area contributed by atoms with Gasteiger partial charge in [-0.2, -0.15) is 5.10 Å². The molecule has 0 bridgehead atoms. The highest BCUT2D eigenvalue weighted by atomic mass is 16.5. The summed E-state index contributed by atoms with van der Waals surface area (Å²) in [7, 11) is 0. The number of ether oxygens (including phenoxy) is 1. The summed E-state index contributed by atoms with van der Waals surface area (Å²) in [6, 6.07) is 5.25. The van der Waals surface area contributed by atoms with Gasteiger partial charge in [-0.05, 0) is 12.1 Å². The van der Waals surface area contributed by atoms with Gasteiger partial charge in [0.25, 0.3) is 0 Å². The van der Waals surface area contributed by atoms with Crippen molar-refractivity contribution in [1.82, 2.24) is 10.2 Å². The average molecular weight is 228 g/mol. The predicted molar refractivity (Wildman–Crippen MR) is 59.7 cm³/mol. The van der Waals surface area contributed by atoms with Crippen LogP contribution in [0.15, 0.2) is 35.1 Å². The minimum atomic E-state index is -0.381. The molecule has 2 aliphatic rings. The molecular weight excluding hydrogens is 220 g/mol. The van der Waals surface area contributed by atoms with Gasteiger partial charge in [0.2, 0.25) is 0 Å². The van der Waals surface area contributed by atoms with Crippen LogP contribution in [-0.4, -0.2) is 16.2 Å². The number of carbonyl (C=O) groups is 1. The standard InChI is InChI=1S/C12H8N2O3/c1-7(15)17-10-4-2-3-9-11(10)12-8(6-16-9)5-13-14-12/h2-6H,1H3. The molecular formula is C12H8N2O3. The van der Waals surface area contributed by atoms with E-state index < -0.39 is 0 Å². The molecule has 0 saturated carbocycles. The first-order valence-electron chi connectivity index (χ1n) is 5.06. The zero-order valence-corrected chi connectivity index (χ0v) is 9.01. The summed E-state index contributed by atoms with van der Waals surface area (Å²) in [6.45, 7) is 1.35. The Morgan fingerprint density at radius 3 is 3.12 bits per heavy atom. The molecule has 2 heterocycles. The van der Waals surface area contributed by atoms with Gasteiger partial charge in [-0.15, -0.1) is 5.10 Å². The highest BCUT2D eigenvalue weighted by Gasteiger charge is 2.16. The first kappa shape index (κ1) is 9.77. The minimum Gasteiger partial charge on any atom is -0.463 e. The maximum Gasteiger partial charge on any atom is 0.308 e. The van der Waals surface area contributed by atoms with Gasteiger partial charge >= 0.3 is 5.97 Å². The Morgan fingerprint density at radius 1 is 1.41 bits per heavy atom. The summed E-state index contributed by atoms with van der Waals surface area (Å²) < 4.78 is 10.6. The Kier molecular flexibility index (Phi) is 2.04. The second-order valence-corrected chi connectivity index (χ2v) is 3.61. The Bertz CT molecular complexity index is 675. The van der Waals surface area contributed by atoms with E-state index in [9.17, 15) is 4.79 Å². The van der Waals surface area contributed by atoms with Crippen LogP contribution in [0.3, 0.4) is 0 Å². The van der Waals surface area contributed by atoms with Crippen LogP contribution in [0.25, 0.3) is 22.2 Å². The van der Waals surface area contributed by atoms with Crippen molar-refractivity contribution < 1.29 is 13.9 Å². The van der Waals surface area contributed by atoms with Crippen LogP contribution >= 0.6 is 0 Å². The van der Waals surface area contributed by atoms with Crippen molar-refractivity contribution in [3.8, 4) is 17.0 Å². The topological polar surface area (TPSA) is 65.2 Å². The number of aromatic nitrogens is 2. The van der Waals surface area contributed by atoms with Crippen LogP contribution in [0.1, 0.15) is 6.92 Å². The van der Waals surface area contributed by atoms with E-state index in [4.69, 9.17) is 9.15 Å². The number of nitrogens with zero attached hydrogens (tertiary/aromatic N) is 2. The molecule has 0 unspecified atom stereocenters. The number of carbonyl (C=O) groups excluding carboxylic acids is 1. The van der Waals surface area contributed by atoms with E-state index in [1.165, 1.54) is 6.92 Å². The van der Waals surface area contributed by atoms with Crippen molar-refractivity contribution in [2.45, 2.75) is 6.92 Å². The molecule has 0 saturated heterocycles. The van der Waals surface area contributed by atoms with Crippen molar-refractivity contribution in [1.29, 1.82) is 0 Å². The van der Waals surface area contributed by atoms with Crippen LogP contribution in [0.5, 0.6) is 5.75 Å². The quantitative estimate of drug-likeness (QED) is 0.472. The zero-order valence-electron chi connectivity index (χ0n) is 9.01. The van der Waals surface area contributed by atoms with Crippen molar-refractivity contribution in [2.75, 3.05) is 0 Å². The molecule has 3 rings (SSSR count). The molecule has 0 N–H and O–H groups in total. The maximum absolute atomic E-state index is 11.0. The fourth-order valence-electron chi connectivity index (χ4n) is 1.76. The van der Waals surface area contributed by atoms with E-state index in [1.54, 1.807) is 30.7 Å². The SMILES string of the molecule is CC(=O)Oc1cccc2occ3cnnc-3c12. The molecule has 0 radical (unpaired) electrons. The second kappa shape index (κ2) is 3.55. The van der Waals surface area contributed by atoms with Crippen LogP contribution in [0.2, 0.25) is 0 Å². The molecule has 0 atom stereocenters. The van der Waals surface area contributed by atoms with Gasteiger partial charge in [0.05, 0.1) is 17.1 Å². The lowest BCUT2D eigenvalue weighted by Crippen LogP contribution is -2.02. The van der Waals surface area contributed by atoms with E-state index in [2.05, 4.69) is 10.2 Å². The lowest BCUT2D eigenvalue weighted by molar-refractivity contribution is -0.131. The van der Waals surface area contributed by atoms with E-state index >= 15 is 0 Å². The normalized spacial score (nSPS) is 10.9. The largest absolute Gasteiger partial charge is 0.463 e. The summed E-state index contributed by atoms with van der Waals surface area (Å²) in [5.74, 6) is 0.0545. The summed E-state index contributed by atoms with van der Waals surface area (Å²) in [6.07, 6.45) is 3.18. The highest BCUT2D eigenvalue weighted by molar-refractivity contribution is 5.97. The van der Waals surface area contributed by atoms with Crippen molar-refractivity contribution in [3.05, 3.63) is 30.7 Å². The fourth-order valence-corrected chi connectivity index (χ4v) is 1.76. The molecule has 5 heteroatoms. The van der Waals surface area contributed by atoms with Gasteiger partial charge in [0.15, 0.2) is 0 Å². The third kappa shape index (κ3) is 1.52. The van der Waals surface area contributed by atoms with E-state index in [0.717, 1.165) is 5.56 Å². The lowest BCUT2D eigenvalue weighted by Gasteiger charge is -2.07. The average Bonchev–Trinajstić information content (AvgIpc) is 2.76. The van der Waals surface area contributed by atoms with Gasteiger partial charge in [0.1, 0.15) is 23.3 Å². The Morgan fingerprint density at radius 2 is 2.29 bits per heavy atom. The number of rotatable bonds is 1. The number of esters is 1. The molecule has 5 nitrogen and oxygen atoms in total. The molecule has 0 spiro atoms. The van der Waals surface area contributed by atoms with Crippen LogP contribution < -0.4 is 4.74 Å².